The lowest BCUT2D eigenvalue weighted by Crippen LogP contribution is -2.57. The molecule has 134 valence electrons. The number of halogens is 2. The van der Waals surface area contributed by atoms with Crippen LogP contribution in [0.3, 0.4) is 0 Å². The number of carbonyl (C=O) groups is 2. The van der Waals surface area contributed by atoms with Crippen LogP contribution in [0.1, 0.15) is 36.3 Å². The predicted octanol–water partition coefficient (Wildman–Crippen LogP) is 1.59. The van der Waals surface area contributed by atoms with Crippen LogP contribution in [-0.2, 0) is 4.79 Å². The number of nitrogens with zero attached hydrogens (tertiary/aromatic N) is 4. The van der Waals surface area contributed by atoms with E-state index in [0.717, 1.165) is 17.7 Å². The number of carbonyl (C=O) groups excluding carboxylic acids is 2. The maximum Gasteiger partial charge on any atom is 0.291 e. The van der Waals surface area contributed by atoms with Crippen LogP contribution in [0.5, 0.6) is 0 Å². The largest absolute Gasteiger partial charge is 0.342 e. The van der Waals surface area contributed by atoms with Crippen molar-refractivity contribution >= 4 is 11.8 Å². The summed E-state index contributed by atoms with van der Waals surface area (Å²) >= 11 is 0. The Morgan fingerprint density at radius 2 is 1.96 bits per heavy atom. The highest BCUT2D eigenvalue weighted by Gasteiger charge is 2.58. The Bertz CT molecular complexity index is 695. The van der Waals surface area contributed by atoms with E-state index in [9.17, 15) is 18.4 Å². The highest BCUT2D eigenvalue weighted by molar-refractivity contribution is 5.92. The topological polar surface area (TPSA) is 66.4 Å². The lowest BCUT2D eigenvalue weighted by atomic mass is 9.77. The van der Waals surface area contributed by atoms with Gasteiger partial charge in [-0.2, -0.15) is 0 Å². The molecule has 1 saturated carbocycles. The van der Waals surface area contributed by atoms with E-state index in [-0.39, 0.29) is 18.3 Å². The minimum absolute atomic E-state index is 0.0136. The highest BCUT2D eigenvalue weighted by Crippen LogP contribution is 2.46. The van der Waals surface area contributed by atoms with Crippen LogP contribution < -0.4 is 0 Å². The van der Waals surface area contributed by atoms with Crippen LogP contribution in [-0.4, -0.2) is 63.7 Å². The van der Waals surface area contributed by atoms with Crippen molar-refractivity contribution in [3.05, 3.63) is 24.3 Å². The number of alkyl halides is 2. The van der Waals surface area contributed by atoms with Gasteiger partial charge in [-0.25, -0.2) is 18.7 Å². The molecule has 8 heteroatoms. The lowest BCUT2D eigenvalue weighted by Gasteiger charge is -2.42. The van der Waals surface area contributed by atoms with Crippen LogP contribution in [0, 0.1) is 11.3 Å². The SMILES string of the molecule is O=C(c1ncccn1)N1CC(F)(F)C[C@@]2(CCN(CC3CC3)C2=O)C1. The summed E-state index contributed by atoms with van der Waals surface area (Å²) in [6, 6.07) is 1.55. The molecule has 0 unspecified atom stereocenters. The highest BCUT2D eigenvalue weighted by atomic mass is 19.3. The number of amides is 2. The molecule has 0 aromatic carbocycles. The van der Waals surface area contributed by atoms with E-state index < -0.39 is 30.2 Å². The molecule has 1 aromatic heterocycles. The first kappa shape index (κ1) is 16.4. The monoisotopic (exact) mass is 350 g/mol. The minimum atomic E-state index is -3.09. The first-order valence-corrected chi connectivity index (χ1v) is 8.62. The first-order chi connectivity index (χ1) is 11.9. The van der Waals surface area contributed by atoms with Gasteiger partial charge in [0.2, 0.25) is 11.7 Å². The van der Waals surface area contributed by atoms with E-state index in [2.05, 4.69) is 9.97 Å². The van der Waals surface area contributed by atoms with E-state index in [4.69, 9.17) is 0 Å². The second-order valence-corrected chi connectivity index (χ2v) is 7.49. The van der Waals surface area contributed by atoms with Gasteiger partial charge in [0.1, 0.15) is 0 Å². The summed E-state index contributed by atoms with van der Waals surface area (Å²) in [5, 5.41) is 0. The molecule has 1 aliphatic carbocycles. The molecule has 1 atom stereocenters. The Labute approximate surface area is 144 Å². The van der Waals surface area contributed by atoms with Gasteiger partial charge < -0.3 is 9.80 Å². The Hall–Kier alpha value is -2.12. The van der Waals surface area contributed by atoms with Gasteiger partial charge >= 0.3 is 0 Å². The number of piperidine rings is 1. The Balaban J connectivity index is 1.57. The third-order valence-electron chi connectivity index (χ3n) is 5.33. The quantitative estimate of drug-likeness (QED) is 0.830. The number of rotatable bonds is 3. The summed E-state index contributed by atoms with van der Waals surface area (Å²) in [7, 11) is 0. The standard InChI is InChI=1S/C17H20F2N4O2/c18-17(19)9-16(4-7-22(15(16)25)8-12-2-3-12)10-23(11-17)14(24)13-20-5-1-6-21-13/h1,5-6,12H,2-4,7-11H2/t16-/m0/s1. The van der Waals surface area contributed by atoms with Crippen LogP contribution in [0.15, 0.2) is 18.5 Å². The van der Waals surface area contributed by atoms with Crippen molar-refractivity contribution in [2.24, 2.45) is 11.3 Å². The fraction of sp³-hybridized carbons (Fsp3) is 0.647. The zero-order chi connectivity index (χ0) is 17.7. The molecule has 25 heavy (non-hydrogen) atoms. The van der Waals surface area contributed by atoms with Gasteiger partial charge in [0.25, 0.3) is 11.8 Å². The molecule has 0 radical (unpaired) electrons. The molecule has 2 amide bonds. The van der Waals surface area contributed by atoms with Gasteiger partial charge in [-0.05, 0) is 31.2 Å². The van der Waals surface area contributed by atoms with Gasteiger partial charge in [-0.15, -0.1) is 0 Å². The molecule has 2 saturated heterocycles. The summed E-state index contributed by atoms with van der Waals surface area (Å²) in [5.41, 5.74) is -1.18. The average molecular weight is 350 g/mol. The molecule has 1 aromatic rings. The third-order valence-corrected chi connectivity index (χ3v) is 5.33. The fourth-order valence-electron chi connectivity index (χ4n) is 3.99. The molecule has 3 heterocycles. The minimum Gasteiger partial charge on any atom is -0.342 e. The Morgan fingerprint density at radius 1 is 1.24 bits per heavy atom. The van der Waals surface area contributed by atoms with Gasteiger partial charge in [-0.1, -0.05) is 0 Å². The summed E-state index contributed by atoms with van der Waals surface area (Å²) in [5.74, 6) is -3.57. The van der Waals surface area contributed by atoms with E-state index in [1.54, 1.807) is 11.0 Å². The zero-order valence-electron chi connectivity index (χ0n) is 13.8. The van der Waals surface area contributed by atoms with E-state index >= 15 is 0 Å². The number of likely N-dealkylation sites (tertiary alicyclic amines) is 2. The van der Waals surface area contributed by atoms with Crippen LogP contribution in [0.2, 0.25) is 0 Å². The first-order valence-electron chi connectivity index (χ1n) is 8.62. The lowest BCUT2D eigenvalue weighted by molar-refractivity contribution is -0.151. The summed E-state index contributed by atoms with van der Waals surface area (Å²) in [6.45, 7) is 0.471. The van der Waals surface area contributed by atoms with E-state index in [1.807, 2.05) is 0 Å². The second kappa shape index (κ2) is 5.71. The summed E-state index contributed by atoms with van der Waals surface area (Å²) in [4.78, 5) is 35.9. The van der Waals surface area contributed by atoms with Crippen molar-refractivity contribution in [3.8, 4) is 0 Å². The molecular formula is C17H20F2N4O2. The average Bonchev–Trinajstić information content (AvgIpc) is 3.36. The number of hydrogen-bond donors (Lipinski definition) is 0. The molecule has 0 bridgehead atoms. The molecule has 6 nitrogen and oxygen atoms in total. The van der Waals surface area contributed by atoms with E-state index in [0.29, 0.717) is 25.4 Å². The van der Waals surface area contributed by atoms with Gasteiger partial charge in [-0.3, -0.25) is 9.59 Å². The molecule has 3 aliphatic rings. The molecule has 1 spiro atoms. The predicted molar refractivity (Wildman–Crippen MR) is 83.9 cm³/mol. The molecular weight excluding hydrogens is 330 g/mol. The van der Waals surface area contributed by atoms with Crippen LogP contribution in [0.4, 0.5) is 8.78 Å². The number of aromatic nitrogens is 2. The van der Waals surface area contributed by atoms with Gasteiger partial charge in [0, 0.05) is 38.4 Å². The van der Waals surface area contributed by atoms with E-state index in [1.165, 1.54) is 12.4 Å². The Morgan fingerprint density at radius 3 is 2.64 bits per heavy atom. The zero-order valence-corrected chi connectivity index (χ0v) is 13.8. The van der Waals surface area contributed by atoms with Crippen LogP contribution >= 0.6 is 0 Å². The third kappa shape index (κ3) is 3.09. The number of hydrogen-bond acceptors (Lipinski definition) is 4. The molecule has 0 N–H and O–H groups in total. The molecule has 3 fully saturated rings. The maximum atomic E-state index is 14.4. The summed E-state index contributed by atoms with van der Waals surface area (Å²) < 4.78 is 28.8. The second-order valence-electron chi connectivity index (χ2n) is 7.49. The van der Waals surface area contributed by atoms with Crippen molar-refractivity contribution in [2.45, 2.75) is 31.6 Å². The normalized spacial score (nSPS) is 28.6. The Kier molecular flexibility index (Phi) is 3.73. The smallest absolute Gasteiger partial charge is 0.291 e. The van der Waals surface area contributed by atoms with Gasteiger partial charge in [0.15, 0.2) is 0 Å². The molecule has 2 aliphatic heterocycles. The van der Waals surface area contributed by atoms with Crippen LogP contribution in [0.25, 0.3) is 0 Å². The van der Waals surface area contributed by atoms with Crippen molar-refractivity contribution in [2.75, 3.05) is 26.2 Å². The summed E-state index contributed by atoms with van der Waals surface area (Å²) in [6.07, 6.45) is 4.88. The fourth-order valence-corrected chi connectivity index (χ4v) is 3.99. The van der Waals surface area contributed by atoms with Crippen molar-refractivity contribution in [3.63, 3.8) is 0 Å². The van der Waals surface area contributed by atoms with Crippen molar-refractivity contribution in [1.82, 2.24) is 19.8 Å². The molecule has 4 rings (SSSR count). The van der Waals surface area contributed by atoms with Gasteiger partial charge in [0.05, 0.1) is 12.0 Å². The maximum absolute atomic E-state index is 14.4. The van der Waals surface area contributed by atoms with Crippen molar-refractivity contribution in [1.29, 1.82) is 0 Å². The van der Waals surface area contributed by atoms with Crippen molar-refractivity contribution < 1.29 is 18.4 Å².